The highest BCUT2D eigenvalue weighted by Crippen LogP contribution is 2.29. The van der Waals surface area contributed by atoms with Gasteiger partial charge in [-0.2, -0.15) is 5.26 Å². The summed E-state index contributed by atoms with van der Waals surface area (Å²) in [7, 11) is -3.67. The lowest BCUT2D eigenvalue weighted by atomic mass is 9.81. The van der Waals surface area contributed by atoms with Crippen LogP contribution in [0.4, 0.5) is 0 Å². The molecule has 0 bridgehead atoms. The number of nitrogens with one attached hydrogen (secondary N) is 1. The number of hydrogen-bond donors (Lipinski definition) is 2. The highest BCUT2D eigenvalue weighted by Gasteiger charge is 2.34. The van der Waals surface area contributed by atoms with Gasteiger partial charge >= 0.3 is 0 Å². The summed E-state index contributed by atoms with van der Waals surface area (Å²) in [4.78, 5) is 14.4. The number of benzene rings is 1. The third kappa shape index (κ3) is 4.82. The maximum absolute atomic E-state index is 12.6. The molecule has 1 saturated carbocycles. The topological polar surface area (TPSA) is 116 Å². The van der Waals surface area contributed by atoms with Crippen LogP contribution in [0.1, 0.15) is 31.2 Å². The van der Waals surface area contributed by atoms with Gasteiger partial charge in [-0.3, -0.25) is 4.79 Å². The van der Waals surface area contributed by atoms with E-state index in [-0.39, 0.29) is 22.8 Å². The van der Waals surface area contributed by atoms with Crippen LogP contribution in [0, 0.1) is 17.2 Å². The predicted molar refractivity (Wildman–Crippen MR) is 104 cm³/mol. The molecule has 1 amide bonds. The number of carbonyl (C=O) groups is 1. The molecule has 1 heterocycles. The van der Waals surface area contributed by atoms with Crippen molar-refractivity contribution in [2.24, 2.45) is 11.7 Å². The van der Waals surface area contributed by atoms with Gasteiger partial charge in [0.1, 0.15) is 0 Å². The molecular weight excluding hydrogens is 384 g/mol. The molecule has 1 atom stereocenters. The Labute approximate surface area is 164 Å². The van der Waals surface area contributed by atoms with Crippen molar-refractivity contribution in [3.63, 3.8) is 0 Å². The summed E-state index contributed by atoms with van der Waals surface area (Å²) in [5, 5.41) is 8.94. The fourth-order valence-corrected chi connectivity index (χ4v) is 5.92. The SMILES string of the molecule is N#Cc1cccc(S(=O)(=O)NC2CCC([C@H](N)C(=O)N3CCSC3)CC2)c1. The molecule has 1 aromatic carbocycles. The van der Waals surface area contributed by atoms with Crippen molar-refractivity contribution in [2.45, 2.75) is 42.7 Å². The van der Waals surface area contributed by atoms with Crippen LogP contribution in [-0.4, -0.2) is 49.5 Å². The molecule has 1 aromatic rings. The second-order valence-electron chi connectivity index (χ2n) is 7.04. The zero-order valence-corrected chi connectivity index (χ0v) is 16.6. The lowest BCUT2D eigenvalue weighted by Crippen LogP contribution is -2.49. The van der Waals surface area contributed by atoms with Crippen molar-refractivity contribution < 1.29 is 13.2 Å². The second kappa shape index (κ2) is 8.61. The molecule has 1 aliphatic heterocycles. The summed E-state index contributed by atoms with van der Waals surface area (Å²) in [6.07, 6.45) is 2.74. The number of hydrogen-bond acceptors (Lipinski definition) is 6. The largest absolute Gasteiger partial charge is 0.331 e. The van der Waals surface area contributed by atoms with Crippen molar-refractivity contribution in [3.8, 4) is 6.07 Å². The standard InChI is InChI=1S/C18H24N4O3S2/c19-11-13-2-1-3-16(10-13)27(24,25)21-15-6-4-14(5-7-15)17(20)18(23)22-8-9-26-12-22/h1-3,10,14-15,17,21H,4-9,12,20H2/t14?,15?,17-/m0/s1. The maximum Gasteiger partial charge on any atom is 0.240 e. The zero-order valence-electron chi connectivity index (χ0n) is 15.0. The van der Waals surface area contributed by atoms with E-state index in [1.54, 1.807) is 23.9 Å². The molecule has 2 fully saturated rings. The molecular formula is C18H24N4O3S2. The Hall–Kier alpha value is -1.60. The Morgan fingerprint density at radius 2 is 2.07 bits per heavy atom. The van der Waals surface area contributed by atoms with E-state index in [1.165, 1.54) is 12.1 Å². The first kappa shape index (κ1) is 20.1. The smallest absolute Gasteiger partial charge is 0.240 e. The average Bonchev–Trinajstić information content (AvgIpc) is 3.22. The minimum absolute atomic E-state index is 0.0114. The first-order chi connectivity index (χ1) is 12.9. The van der Waals surface area contributed by atoms with Crippen LogP contribution in [0.2, 0.25) is 0 Å². The molecule has 1 saturated heterocycles. The van der Waals surface area contributed by atoms with Crippen molar-refractivity contribution in [1.82, 2.24) is 9.62 Å². The lowest BCUT2D eigenvalue weighted by molar-refractivity contribution is -0.132. The first-order valence-corrected chi connectivity index (χ1v) is 11.7. The van der Waals surface area contributed by atoms with Crippen LogP contribution in [0.25, 0.3) is 0 Å². The molecule has 3 rings (SSSR count). The van der Waals surface area contributed by atoms with Gasteiger partial charge in [-0.15, -0.1) is 11.8 Å². The van der Waals surface area contributed by atoms with Gasteiger partial charge in [-0.05, 0) is 49.8 Å². The molecule has 3 N–H and O–H groups in total. The summed E-state index contributed by atoms with van der Waals surface area (Å²) in [5.74, 6) is 1.77. The molecule has 9 heteroatoms. The van der Waals surface area contributed by atoms with Gasteiger partial charge in [0, 0.05) is 18.3 Å². The number of rotatable bonds is 5. The van der Waals surface area contributed by atoms with Crippen LogP contribution >= 0.6 is 11.8 Å². The summed E-state index contributed by atoms with van der Waals surface area (Å²) in [6.45, 7) is 0.758. The Balaban J connectivity index is 1.55. The van der Waals surface area contributed by atoms with Crippen LogP contribution in [-0.2, 0) is 14.8 Å². The Kier molecular flexibility index (Phi) is 6.42. The van der Waals surface area contributed by atoms with E-state index in [1.807, 2.05) is 11.0 Å². The number of nitrogens with zero attached hydrogens (tertiary/aromatic N) is 2. The molecule has 0 aromatic heterocycles. The Bertz CT molecular complexity index is 823. The number of carbonyl (C=O) groups excluding carboxylic acids is 1. The van der Waals surface area contributed by atoms with Crippen LogP contribution in [0.15, 0.2) is 29.2 Å². The van der Waals surface area contributed by atoms with Crippen molar-refractivity contribution in [2.75, 3.05) is 18.2 Å². The lowest BCUT2D eigenvalue weighted by Gasteiger charge is -2.33. The molecule has 0 unspecified atom stereocenters. The van der Waals surface area contributed by atoms with E-state index < -0.39 is 16.1 Å². The van der Waals surface area contributed by atoms with Gasteiger partial charge in [0.05, 0.1) is 28.4 Å². The van der Waals surface area contributed by atoms with E-state index >= 15 is 0 Å². The van der Waals surface area contributed by atoms with Gasteiger partial charge in [-0.25, -0.2) is 13.1 Å². The third-order valence-electron chi connectivity index (χ3n) is 5.22. The molecule has 0 radical (unpaired) electrons. The third-order valence-corrected chi connectivity index (χ3v) is 7.71. The number of thioether (sulfide) groups is 1. The highest BCUT2D eigenvalue weighted by atomic mass is 32.2. The van der Waals surface area contributed by atoms with E-state index in [0.717, 1.165) is 25.1 Å². The van der Waals surface area contributed by atoms with Gasteiger partial charge in [0.15, 0.2) is 0 Å². The van der Waals surface area contributed by atoms with E-state index in [9.17, 15) is 13.2 Å². The molecule has 1 aliphatic carbocycles. The number of nitriles is 1. The maximum atomic E-state index is 12.6. The number of sulfonamides is 1. The normalized spacial score (nSPS) is 24.4. The summed E-state index contributed by atoms with van der Waals surface area (Å²) in [6, 6.07) is 7.25. The summed E-state index contributed by atoms with van der Waals surface area (Å²) >= 11 is 1.73. The van der Waals surface area contributed by atoms with Crippen LogP contribution in [0.3, 0.4) is 0 Å². The van der Waals surface area contributed by atoms with Crippen molar-refractivity contribution in [3.05, 3.63) is 29.8 Å². The molecule has 2 aliphatic rings. The Morgan fingerprint density at radius 1 is 1.33 bits per heavy atom. The van der Waals surface area contributed by atoms with Crippen molar-refractivity contribution in [1.29, 1.82) is 5.26 Å². The number of nitrogens with two attached hydrogens (primary N) is 1. The summed E-state index contributed by atoms with van der Waals surface area (Å²) in [5.41, 5.74) is 6.51. The zero-order chi connectivity index (χ0) is 19.4. The van der Waals surface area contributed by atoms with Gasteiger partial charge in [-0.1, -0.05) is 6.07 Å². The minimum Gasteiger partial charge on any atom is -0.331 e. The quantitative estimate of drug-likeness (QED) is 0.757. The fourth-order valence-electron chi connectivity index (χ4n) is 3.62. The van der Waals surface area contributed by atoms with Gasteiger partial charge < -0.3 is 10.6 Å². The van der Waals surface area contributed by atoms with E-state index in [4.69, 9.17) is 11.0 Å². The average molecular weight is 409 g/mol. The fraction of sp³-hybridized carbons (Fsp3) is 0.556. The monoisotopic (exact) mass is 408 g/mol. The molecule has 0 spiro atoms. The van der Waals surface area contributed by atoms with E-state index in [2.05, 4.69) is 4.72 Å². The highest BCUT2D eigenvalue weighted by molar-refractivity contribution is 7.99. The number of amides is 1. The molecule has 146 valence electrons. The Morgan fingerprint density at radius 3 is 2.70 bits per heavy atom. The predicted octanol–water partition coefficient (Wildman–Crippen LogP) is 1.26. The van der Waals surface area contributed by atoms with Gasteiger partial charge in [0.25, 0.3) is 0 Å². The van der Waals surface area contributed by atoms with Crippen molar-refractivity contribution >= 4 is 27.7 Å². The second-order valence-corrected chi connectivity index (χ2v) is 9.83. The molecule has 7 nitrogen and oxygen atoms in total. The van der Waals surface area contributed by atoms with Crippen LogP contribution < -0.4 is 10.5 Å². The van der Waals surface area contributed by atoms with E-state index in [0.29, 0.717) is 24.3 Å². The van der Waals surface area contributed by atoms with Gasteiger partial charge in [0.2, 0.25) is 15.9 Å². The summed E-state index contributed by atoms with van der Waals surface area (Å²) < 4.78 is 27.8. The van der Waals surface area contributed by atoms with Crippen LogP contribution in [0.5, 0.6) is 0 Å². The first-order valence-electron chi connectivity index (χ1n) is 9.05. The molecule has 27 heavy (non-hydrogen) atoms. The minimum atomic E-state index is -3.67.